The van der Waals surface area contributed by atoms with Gasteiger partial charge in [-0.2, -0.15) is 0 Å². The van der Waals surface area contributed by atoms with E-state index in [1.165, 1.54) is 16.7 Å². The van der Waals surface area contributed by atoms with Crippen LogP contribution in [0.4, 0.5) is 4.79 Å². The number of primary amides is 1. The second-order valence-corrected chi connectivity index (χ2v) is 5.09. The summed E-state index contributed by atoms with van der Waals surface area (Å²) in [4.78, 5) is 10.4. The van der Waals surface area contributed by atoms with Gasteiger partial charge in [0.15, 0.2) is 0 Å². The molecule has 0 saturated carbocycles. The van der Waals surface area contributed by atoms with Gasteiger partial charge in [-0.1, -0.05) is 28.9 Å². The minimum Gasteiger partial charge on any atom is -0.445 e. The number of nitrogens with two attached hydrogens (primary N) is 1. The van der Waals surface area contributed by atoms with Crippen LogP contribution in [0.1, 0.15) is 53.4 Å². The zero-order chi connectivity index (χ0) is 14.7. The van der Waals surface area contributed by atoms with E-state index >= 15 is 0 Å². The van der Waals surface area contributed by atoms with Crippen molar-refractivity contribution < 1.29 is 9.53 Å². The first-order valence-electron chi connectivity index (χ1n) is 6.78. The summed E-state index contributed by atoms with van der Waals surface area (Å²) in [5, 5.41) is 0. The molecule has 0 unspecified atom stereocenters. The first-order valence-corrected chi connectivity index (χ1v) is 6.78. The van der Waals surface area contributed by atoms with E-state index in [9.17, 15) is 4.79 Å². The molecule has 2 N–H and O–H groups in total. The van der Waals surface area contributed by atoms with E-state index in [1.54, 1.807) is 0 Å². The Hall–Kier alpha value is -1.51. The fourth-order valence-electron chi connectivity index (χ4n) is 1.60. The molecule has 108 valence electrons. The van der Waals surface area contributed by atoms with Crippen molar-refractivity contribution in [3.05, 3.63) is 34.9 Å². The summed E-state index contributed by atoms with van der Waals surface area (Å²) in [7, 11) is 0. The Morgan fingerprint density at radius 2 is 1.47 bits per heavy atom. The highest BCUT2D eigenvalue weighted by Crippen LogP contribution is 2.11. The van der Waals surface area contributed by atoms with Crippen LogP contribution in [-0.2, 0) is 4.74 Å². The lowest BCUT2D eigenvalue weighted by Gasteiger charge is -2.02. The molecule has 0 rings (SSSR count). The van der Waals surface area contributed by atoms with Gasteiger partial charge < -0.3 is 10.5 Å². The van der Waals surface area contributed by atoms with Crippen LogP contribution >= 0.6 is 0 Å². The molecule has 3 nitrogen and oxygen atoms in total. The quantitative estimate of drug-likeness (QED) is 0.657. The second kappa shape index (κ2) is 10.4. The first-order chi connectivity index (χ1) is 8.91. The molecule has 0 radical (unpaired) electrons. The van der Waals surface area contributed by atoms with E-state index in [0.717, 1.165) is 25.7 Å². The highest BCUT2D eigenvalue weighted by atomic mass is 16.5. The van der Waals surface area contributed by atoms with Gasteiger partial charge >= 0.3 is 6.09 Å². The van der Waals surface area contributed by atoms with Crippen molar-refractivity contribution in [2.45, 2.75) is 53.4 Å². The molecule has 0 bridgehead atoms. The highest BCUT2D eigenvalue weighted by molar-refractivity contribution is 5.64. The van der Waals surface area contributed by atoms with Gasteiger partial charge in [-0.15, -0.1) is 0 Å². The molecular weight excluding hydrogens is 238 g/mol. The summed E-state index contributed by atoms with van der Waals surface area (Å²) < 4.78 is 4.66. The standard InChI is InChI=1S/C16H27NO2/c1-13(2)7-5-8-14(3)9-6-10-15(4)11-12-19-16(17)18/h7,9,11H,5-6,8,10,12H2,1-4H3,(H2,17,18)/b14-9+,15-11-. The minimum atomic E-state index is -0.723. The Morgan fingerprint density at radius 1 is 0.947 bits per heavy atom. The molecule has 0 heterocycles. The van der Waals surface area contributed by atoms with E-state index < -0.39 is 6.09 Å². The lowest BCUT2D eigenvalue weighted by molar-refractivity contribution is 0.169. The van der Waals surface area contributed by atoms with E-state index in [0.29, 0.717) is 0 Å². The predicted molar refractivity (Wildman–Crippen MR) is 80.9 cm³/mol. The molecule has 0 aliphatic carbocycles. The first kappa shape index (κ1) is 17.5. The van der Waals surface area contributed by atoms with E-state index in [4.69, 9.17) is 5.73 Å². The molecule has 0 aromatic heterocycles. The SMILES string of the molecule is CC(C)=CCC/C(C)=C/CC/C(C)=C\COC(N)=O. The summed E-state index contributed by atoms with van der Waals surface area (Å²) in [5.41, 5.74) is 8.90. The van der Waals surface area contributed by atoms with Crippen molar-refractivity contribution in [3.8, 4) is 0 Å². The lowest BCUT2D eigenvalue weighted by Crippen LogP contribution is -2.12. The van der Waals surface area contributed by atoms with Gasteiger partial charge in [0.25, 0.3) is 0 Å². The molecule has 3 heteroatoms. The number of amides is 1. The van der Waals surface area contributed by atoms with Crippen LogP contribution in [0.15, 0.2) is 34.9 Å². The molecular formula is C16H27NO2. The Balaban J connectivity index is 3.86. The third-order valence-electron chi connectivity index (χ3n) is 2.78. The van der Waals surface area contributed by atoms with Crippen LogP contribution in [0.3, 0.4) is 0 Å². The zero-order valence-corrected chi connectivity index (χ0v) is 12.7. The smallest absolute Gasteiger partial charge is 0.404 e. The van der Waals surface area contributed by atoms with Gasteiger partial charge in [0.05, 0.1) is 0 Å². The van der Waals surface area contributed by atoms with E-state index in [-0.39, 0.29) is 6.61 Å². The van der Waals surface area contributed by atoms with Crippen LogP contribution in [0.2, 0.25) is 0 Å². The molecule has 1 amide bonds. The van der Waals surface area contributed by atoms with Gasteiger partial charge in [-0.25, -0.2) is 4.79 Å². The Bertz CT molecular complexity index is 361. The number of allylic oxidation sites excluding steroid dienone is 5. The Labute approximate surface area is 117 Å². The third-order valence-corrected chi connectivity index (χ3v) is 2.78. The predicted octanol–water partition coefficient (Wildman–Crippen LogP) is 4.50. The third kappa shape index (κ3) is 12.7. The number of hydrogen-bond donors (Lipinski definition) is 1. The minimum absolute atomic E-state index is 0.268. The van der Waals surface area contributed by atoms with Gasteiger partial charge in [-0.05, 0) is 59.5 Å². The van der Waals surface area contributed by atoms with Crippen LogP contribution in [0.5, 0.6) is 0 Å². The molecule has 0 aliphatic rings. The monoisotopic (exact) mass is 265 g/mol. The number of ether oxygens (including phenoxy) is 1. The molecule has 19 heavy (non-hydrogen) atoms. The van der Waals surface area contributed by atoms with Crippen LogP contribution in [0.25, 0.3) is 0 Å². The molecule has 0 fully saturated rings. The Kier molecular flexibility index (Phi) is 9.59. The fraction of sp³-hybridized carbons (Fsp3) is 0.562. The maximum atomic E-state index is 10.4. The van der Waals surface area contributed by atoms with Crippen molar-refractivity contribution in [3.63, 3.8) is 0 Å². The van der Waals surface area contributed by atoms with Crippen molar-refractivity contribution in [1.29, 1.82) is 0 Å². The maximum Gasteiger partial charge on any atom is 0.404 e. The van der Waals surface area contributed by atoms with Gasteiger partial charge in [0.1, 0.15) is 6.61 Å². The van der Waals surface area contributed by atoms with Gasteiger partial charge in [-0.3, -0.25) is 0 Å². The van der Waals surface area contributed by atoms with E-state index in [1.807, 2.05) is 13.0 Å². The lowest BCUT2D eigenvalue weighted by atomic mass is 10.1. The molecule has 0 saturated heterocycles. The topological polar surface area (TPSA) is 52.3 Å². The molecule has 0 aliphatic heterocycles. The normalized spacial score (nSPS) is 12.2. The summed E-state index contributed by atoms with van der Waals surface area (Å²) in [6, 6.07) is 0. The summed E-state index contributed by atoms with van der Waals surface area (Å²) in [6.45, 7) is 8.73. The van der Waals surface area contributed by atoms with Crippen molar-refractivity contribution in [2.24, 2.45) is 5.73 Å². The van der Waals surface area contributed by atoms with Gasteiger partial charge in [0.2, 0.25) is 0 Å². The van der Waals surface area contributed by atoms with E-state index in [2.05, 4.69) is 37.7 Å². The number of carbonyl (C=O) groups is 1. The summed E-state index contributed by atoms with van der Waals surface area (Å²) in [5.74, 6) is 0. The summed E-state index contributed by atoms with van der Waals surface area (Å²) in [6.07, 6.45) is 9.98. The number of hydrogen-bond acceptors (Lipinski definition) is 2. The van der Waals surface area contributed by atoms with Crippen molar-refractivity contribution >= 4 is 6.09 Å². The van der Waals surface area contributed by atoms with Gasteiger partial charge in [0, 0.05) is 0 Å². The van der Waals surface area contributed by atoms with Crippen molar-refractivity contribution in [1.82, 2.24) is 0 Å². The van der Waals surface area contributed by atoms with Crippen LogP contribution in [-0.4, -0.2) is 12.7 Å². The molecule has 0 aromatic rings. The second-order valence-electron chi connectivity index (χ2n) is 5.09. The Morgan fingerprint density at radius 3 is 2.00 bits per heavy atom. The molecule has 0 aromatic carbocycles. The maximum absolute atomic E-state index is 10.4. The highest BCUT2D eigenvalue weighted by Gasteiger charge is 1.93. The molecule has 0 atom stereocenters. The van der Waals surface area contributed by atoms with Crippen LogP contribution in [0, 0.1) is 0 Å². The average molecular weight is 265 g/mol. The average Bonchev–Trinajstić information content (AvgIpc) is 2.27. The fourth-order valence-corrected chi connectivity index (χ4v) is 1.60. The largest absolute Gasteiger partial charge is 0.445 e. The van der Waals surface area contributed by atoms with Crippen molar-refractivity contribution in [2.75, 3.05) is 6.61 Å². The summed E-state index contributed by atoms with van der Waals surface area (Å²) >= 11 is 0. The molecule has 0 spiro atoms. The van der Waals surface area contributed by atoms with Crippen LogP contribution < -0.4 is 5.73 Å². The number of carbonyl (C=O) groups excluding carboxylic acids is 1. The number of rotatable bonds is 8. The zero-order valence-electron chi connectivity index (χ0n) is 12.7.